The topological polar surface area (TPSA) is 47.3 Å². The van der Waals surface area contributed by atoms with Crippen LogP contribution in [-0.4, -0.2) is 20.9 Å². The van der Waals surface area contributed by atoms with Gasteiger partial charge >= 0.3 is 0 Å². The lowest BCUT2D eigenvalue weighted by Crippen LogP contribution is -1.98. The summed E-state index contributed by atoms with van der Waals surface area (Å²) in [6, 6.07) is 9.71. The van der Waals surface area contributed by atoms with Gasteiger partial charge in [0.05, 0.1) is 28.7 Å². The van der Waals surface area contributed by atoms with E-state index in [9.17, 15) is 4.79 Å². The van der Waals surface area contributed by atoms with Gasteiger partial charge in [-0.1, -0.05) is 30.3 Å². The SMILES string of the molecule is Cc1ncc2c(C=O)c(-c3ccccc3)nn2c1C. The molecule has 0 unspecified atom stereocenters. The van der Waals surface area contributed by atoms with Crippen LogP contribution >= 0.6 is 0 Å². The summed E-state index contributed by atoms with van der Waals surface area (Å²) in [5, 5.41) is 4.56. The van der Waals surface area contributed by atoms with E-state index in [4.69, 9.17) is 0 Å². The van der Waals surface area contributed by atoms with E-state index in [1.165, 1.54) is 0 Å². The number of fused-ring (bicyclic) bond motifs is 1. The predicted octanol–water partition coefficient (Wildman–Crippen LogP) is 2.83. The molecule has 0 bridgehead atoms. The Hall–Kier alpha value is -2.49. The van der Waals surface area contributed by atoms with Crippen LogP contribution in [0, 0.1) is 13.8 Å². The molecule has 0 aliphatic rings. The molecule has 0 radical (unpaired) electrons. The Morgan fingerprint density at radius 2 is 1.89 bits per heavy atom. The van der Waals surface area contributed by atoms with Crippen LogP contribution in [-0.2, 0) is 0 Å². The Morgan fingerprint density at radius 1 is 1.16 bits per heavy atom. The maximum absolute atomic E-state index is 11.4. The minimum absolute atomic E-state index is 0.585. The van der Waals surface area contributed by atoms with Crippen molar-refractivity contribution in [3.63, 3.8) is 0 Å². The fraction of sp³-hybridized carbons (Fsp3) is 0.133. The highest BCUT2D eigenvalue weighted by Crippen LogP contribution is 2.25. The van der Waals surface area contributed by atoms with Crippen molar-refractivity contribution in [1.29, 1.82) is 0 Å². The molecule has 0 saturated heterocycles. The van der Waals surface area contributed by atoms with Crippen LogP contribution in [0.25, 0.3) is 16.8 Å². The zero-order valence-corrected chi connectivity index (χ0v) is 10.8. The molecule has 94 valence electrons. The number of nitrogens with zero attached hydrogens (tertiary/aromatic N) is 3. The number of rotatable bonds is 2. The Labute approximate surface area is 110 Å². The summed E-state index contributed by atoms with van der Waals surface area (Å²) < 4.78 is 1.79. The molecule has 4 heteroatoms. The molecule has 0 aliphatic carbocycles. The number of aldehydes is 1. The molecule has 19 heavy (non-hydrogen) atoms. The average molecular weight is 251 g/mol. The van der Waals surface area contributed by atoms with E-state index in [0.717, 1.165) is 28.8 Å². The highest BCUT2D eigenvalue weighted by atomic mass is 16.1. The number of aromatic nitrogens is 3. The highest BCUT2D eigenvalue weighted by Gasteiger charge is 2.15. The molecule has 0 N–H and O–H groups in total. The molecular formula is C15H13N3O. The van der Waals surface area contributed by atoms with E-state index in [1.807, 2.05) is 44.2 Å². The summed E-state index contributed by atoms with van der Waals surface area (Å²) in [7, 11) is 0. The number of benzene rings is 1. The van der Waals surface area contributed by atoms with Crippen LogP contribution in [0.1, 0.15) is 21.7 Å². The van der Waals surface area contributed by atoms with Gasteiger partial charge in [-0.25, -0.2) is 4.52 Å². The largest absolute Gasteiger partial charge is 0.298 e. The monoisotopic (exact) mass is 251 g/mol. The highest BCUT2D eigenvalue weighted by molar-refractivity contribution is 5.94. The maximum atomic E-state index is 11.4. The van der Waals surface area contributed by atoms with E-state index < -0.39 is 0 Å². The van der Waals surface area contributed by atoms with Crippen molar-refractivity contribution in [2.75, 3.05) is 0 Å². The van der Waals surface area contributed by atoms with Crippen LogP contribution in [0.2, 0.25) is 0 Å². The van der Waals surface area contributed by atoms with Crippen LogP contribution in [0.5, 0.6) is 0 Å². The Morgan fingerprint density at radius 3 is 2.58 bits per heavy atom. The van der Waals surface area contributed by atoms with Gasteiger partial charge in [0.15, 0.2) is 6.29 Å². The first-order valence-corrected chi connectivity index (χ1v) is 6.08. The van der Waals surface area contributed by atoms with Gasteiger partial charge in [-0.15, -0.1) is 0 Å². The van der Waals surface area contributed by atoms with E-state index >= 15 is 0 Å². The Balaban J connectivity index is 2.38. The number of aryl methyl sites for hydroxylation is 2. The summed E-state index contributed by atoms with van der Waals surface area (Å²) in [5.41, 5.74) is 4.82. The summed E-state index contributed by atoms with van der Waals surface area (Å²) in [6.07, 6.45) is 2.55. The molecule has 2 aromatic heterocycles. The third-order valence-electron chi connectivity index (χ3n) is 3.35. The van der Waals surface area contributed by atoms with Gasteiger partial charge in [0.2, 0.25) is 0 Å². The normalized spacial score (nSPS) is 10.8. The van der Waals surface area contributed by atoms with Crippen molar-refractivity contribution in [2.24, 2.45) is 0 Å². The lowest BCUT2D eigenvalue weighted by Gasteiger charge is -2.01. The third-order valence-corrected chi connectivity index (χ3v) is 3.35. The second-order valence-electron chi connectivity index (χ2n) is 4.47. The molecule has 0 spiro atoms. The molecule has 4 nitrogen and oxygen atoms in total. The van der Waals surface area contributed by atoms with Crippen LogP contribution < -0.4 is 0 Å². The fourth-order valence-corrected chi connectivity index (χ4v) is 2.15. The van der Waals surface area contributed by atoms with E-state index in [2.05, 4.69) is 10.1 Å². The van der Waals surface area contributed by atoms with Crippen molar-refractivity contribution in [2.45, 2.75) is 13.8 Å². The number of carbonyl (C=O) groups excluding carboxylic acids is 1. The smallest absolute Gasteiger partial charge is 0.154 e. The van der Waals surface area contributed by atoms with Gasteiger partial charge in [-0.05, 0) is 13.8 Å². The van der Waals surface area contributed by atoms with Crippen molar-refractivity contribution in [3.05, 3.63) is 53.5 Å². The zero-order valence-electron chi connectivity index (χ0n) is 10.8. The lowest BCUT2D eigenvalue weighted by molar-refractivity contribution is 0.112. The van der Waals surface area contributed by atoms with Crippen molar-refractivity contribution in [3.8, 4) is 11.3 Å². The molecule has 0 fully saturated rings. The molecule has 3 aromatic rings. The number of hydrogen-bond acceptors (Lipinski definition) is 3. The lowest BCUT2D eigenvalue weighted by atomic mass is 10.1. The second-order valence-corrected chi connectivity index (χ2v) is 4.47. The van der Waals surface area contributed by atoms with Crippen LogP contribution in [0.15, 0.2) is 36.5 Å². The maximum Gasteiger partial charge on any atom is 0.154 e. The number of carbonyl (C=O) groups is 1. The van der Waals surface area contributed by atoms with Crippen LogP contribution in [0.4, 0.5) is 0 Å². The van der Waals surface area contributed by atoms with Gasteiger partial charge in [-0.2, -0.15) is 5.10 Å². The molecule has 0 atom stereocenters. The number of hydrogen-bond donors (Lipinski definition) is 0. The minimum atomic E-state index is 0.585. The van der Waals surface area contributed by atoms with Gasteiger partial charge in [-0.3, -0.25) is 9.78 Å². The molecule has 0 aliphatic heterocycles. The molecule has 2 heterocycles. The van der Waals surface area contributed by atoms with E-state index in [0.29, 0.717) is 11.3 Å². The summed E-state index contributed by atoms with van der Waals surface area (Å²) in [5.74, 6) is 0. The quantitative estimate of drug-likeness (QED) is 0.658. The van der Waals surface area contributed by atoms with E-state index in [-0.39, 0.29) is 0 Å². The molecule has 0 saturated carbocycles. The first-order valence-electron chi connectivity index (χ1n) is 6.08. The van der Waals surface area contributed by atoms with Crippen molar-refractivity contribution >= 4 is 11.8 Å². The minimum Gasteiger partial charge on any atom is -0.298 e. The molecule has 1 aromatic carbocycles. The molecule has 0 amide bonds. The molecule has 3 rings (SSSR count). The van der Waals surface area contributed by atoms with Gasteiger partial charge in [0.25, 0.3) is 0 Å². The zero-order chi connectivity index (χ0) is 13.4. The first-order chi connectivity index (χ1) is 9.22. The first kappa shape index (κ1) is 11.6. The third kappa shape index (κ3) is 1.73. The van der Waals surface area contributed by atoms with Crippen LogP contribution in [0.3, 0.4) is 0 Å². The fourth-order valence-electron chi connectivity index (χ4n) is 2.15. The molecular weight excluding hydrogens is 238 g/mol. The van der Waals surface area contributed by atoms with Gasteiger partial charge in [0, 0.05) is 5.56 Å². The summed E-state index contributed by atoms with van der Waals surface area (Å²) >= 11 is 0. The van der Waals surface area contributed by atoms with Crippen molar-refractivity contribution < 1.29 is 4.79 Å². The Kier molecular flexibility index (Phi) is 2.63. The predicted molar refractivity (Wildman–Crippen MR) is 73.3 cm³/mol. The van der Waals surface area contributed by atoms with Crippen molar-refractivity contribution in [1.82, 2.24) is 14.6 Å². The van der Waals surface area contributed by atoms with E-state index in [1.54, 1.807) is 10.7 Å². The standard InChI is InChI=1S/C15H13N3O/c1-10-11(2)18-14(8-16-10)13(9-19)15(17-18)12-6-4-3-5-7-12/h3-9H,1-2H3. The van der Waals surface area contributed by atoms with Gasteiger partial charge < -0.3 is 0 Å². The second kappa shape index (κ2) is 4.31. The van der Waals surface area contributed by atoms with Gasteiger partial charge in [0.1, 0.15) is 5.69 Å². The Bertz CT molecular complexity index is 760. The average Bonchev–Trinajstić information content (AvgIpc) is 2.83. The summed E-state index contributed by atoms with van der Waals surface area (Å²) in [6.45, 7) is 3.88. The summed E-state index contributed by atoms with van der Waals surface area (Å²) in [4.78, 5) is 15.7.